The summed E-state index contributed by atoms with van der Waals surface area (Å²) in [5, 5.41) is 9.80. The summed E-state index contributed by atoms with van der Waals surface area (Å²) in [6, 6.07) is 23.5. The van der Waals surface area contributed by atoms with Crippen molar-refractivity contribution in [1.82, 2.24) is 4.90 Å². The Kier molecular flexibility index (Phi) is 8.37. The molecule has 8 nitrogen and oxygen atoms in total. The van der Waals surface area contributed by atoms with Crippen molar-refractivity contribution in [1.29, 1.82) is 0 Å². The number of carboxylic acid groups (broad SMARTS) is 1. The lowest BCUT2D eigenvalue weighted by Crippen LogP contribution is -2.54. The van der Waals surface area contributed by atoms with E-state index in [0.717, 1.165) is 37.3 Å². The molecule has 3 aromatic rings. The van der Waals surface area contributed by atoms with Gasteiger partial charge in [-0.05, 0) is 47.5 Å². The molecule has 1 aliphatic rings. The van der Waals surface area contributed by atoms with Crippen molar-refractivity contribution < 1.29 is 23.1 Å². The highest BCUT2D eigenvalue weighted by Gasteiger charge is 2.48. The second-order valence-electron chi connectivity index (χ2n) is 9.08. The highest BCUT2D eigenvalue weighted by molar-refractivity contribution is 7.93. The van der Waals surface area contributed by atoms with Crippen molar-refractivity contribution in [3.05, 3.63) is 78.9 Å². The molecular weight excluding hydrogens is 502 g/mol. The molecule has 0 aromatic heterocycles. The molecule has 198 valence electrons. The summed E-state index contributed by atoms with van der Waals surface area (Å²) >= 11 is 0. The van der Waals surface area contributed by atoms with E-state index in [2.05, 4.69) is 33.8 Å². The number of nitrogens with two attached hydrogens (primary N) is 1. The predicted octanol–water partition coefficient (Wildman–Crippen LogP) is 3.09. The Labute approximate surface area is 223 Å². The fourth-order valence-electron chi connectivity index (χ4n) is 4.27. The van der Waals surface area contributed by atoms with Crippen molar-refractivity contribution in [2.24, 2.45) is 5.73 Å². The van der Waals surface area contributed by atoms with Gasteiger partial charge in [0.15, 0.2) is 0 Å². The van der Waals surface area contributed by atoms with Crippen molar-refractivity contribution in [3.63, 3.8) is 0 Å². The predicted molar refractivity (Wildman–Crippen MR) is 148 cm³/mol. The summed E-state index contributed by atoms with van der Waals surface area (Å²) in [6.45, 7) is 3.71. The Morgan fingerprint density at radius 3 is 2.05 bits per heavy atom. The number of carboxylic acids is 1. The number of nitrogens with zero attached hydrogens (tertiary/aromatic N) is 2. The van der Waals surface area contributed by atoms with Crippen LogP contribution in [0, 0.1) is 11.8 Å². The molecule has 4 rings (SSSR count). The molecule has 0 saturated carbocycles. The van der Waals surface area contributed by atoms with Crippen LogP contribution < -0.4 is 15.4 Å². The molecule has 1 fully saturated rings. The van der Waals surface area contributed by atoms with Crippen LogP contribution in [-0.2, 0) is 14.6 Å². The van der Waals surface area contributed by atoms with Crippen LogP contribution in [0.1, 0.15) is 6.42 Å². The molecule has 1 unspecified atom stereocenters. The van der Waals surface area contributed by atoms with Gasteiger partial charge in [0.05, 0.1) is 25.0 Å². The number of sulfone groups is 1. The third kappa shape index (κ3) is 5.83. The van der Waals surface area contributed by atoms with Crippen LogP contribution in [0.25, 0.3) is 11.1 Å². The Bertz CT molecular complexity index is 1410. The Hall–Kier alpha value is -3.84. The summed E-state index contributed by atoms with van der Waals surface area (Å²) in [6.07, 6.45) is -0.519. The maximum Gasteiger partial charge on any atom is 0.340 e. The summed E-state index contributed by atoms with van der Waals surface area (Å²) in [4.78, 5) is 13.8. The summed E-state index contributed by atoms with van der Waals surface area (Å²) < 4.78 is 31.7. The number of aliphatic carboxylic acids is 1. The van der Waals surface area contributed by atoms with Crippen LogP contribution in [-0.4, -0.2) is 69.1 Å². The first-order valence-corrected chi connectivity index (χ1v) is 13.7. The molecule has 1 aliphatic heterocycles. The van der Waals surface area contributed by atoms with Crippen LogP contribution in [0.5, 0.6) is 5.75 Å². The molecule has 3 N–H and O–H groups in total. The fourth-order valence-corrected chi connectivity index (χ4v) is 5.68. The van der Waals surface area contributed by atoms with Crippen molar-refractivity contribution in [3.8, 4) is 28.7 Å². The minimum Gasteiger partial charge on any atom is -0.497 e. The third-order valence-electron chi connectivity index (χ3n) is 6.70. The van der Waals surface area contributed by atoms with E-state index >= 15 is 0 Å². The molecule has 9 heteroatoms. The number of hydrogen-bond donors (Lipinski definition) is 2. The van der Waals surface area contributed by atoms with E-state index in [-0.39, 0.29) is 4.90 Å². The average Bonchev–Trinajstić information content (AvgIpc) is 2.96. The molecule has 0 radical (unpaired) electrons. The Balaban J connectivity index is 1.40. The monoisotopic (exact) mass is 533 g/mol. The van der Waals surface area contributed by atoms with E-state index in [1.165, 1.54) is 17.8 Å². The van der Waals surface area contributed by atoms with E-state index in [1.807, 2.05) is 30.3 Å². The van der Waals surface area contributed by atoms with Gasteiger partial charge in [0.1, 0.15) is 5.75 Å². The van der Waals surface area contributed by atoms with E-state index in [1.54, 1.807) is 31.4 Å². The van der Waals surface area contributed by atoms with Gasteiger partial charge in [-0.15, -0.1) is 0 Å². The Morgan fingerprint density at radius 2 is 1.50 bits per heavy atom. The Morgan fingerprint density at radius 1 is 0.921 bits per heavy atom. The highest BCUT2D eigenvalue weighted by Crippen LogP contribution is 2.28. The number of methoxy groups -OCH3 is 1. The van der Waals surface area contributed by atoms with Gasteiger partial charge in [0, 0.05) is 31.9 Å². The molecule has 1 atom stereocenters. The molecule has 0 aliphatic carbocycles. The van der Waals surface area contributed by atoms with Gasteiger partial charge in [-0.2, -0.15) is 0 Å². The first-order chi connectivity index (χ1) is 18.2. The van der Waals surface area contributed by atoms with Crippen LogP contribution >= 0.6 is 0 Å². The summed E-state index contributed by atoms with van der Waals surface area (Å²) in [5.74, 6) is 4.71. The fraction of sp³-hybridized carbons (Fsp3) is 0.276. The molecule has 0 spiro atoms. The number of carbonyl (C=O) groups is 1. The molecule has 1 saturated heterocycles. The minimum atomic E-state index is -4.42. The van der Waals surface area contributed by atoms with Gasteiger partial charge < -0.3 is 20.5 Å². The van der Waals surface area contributed by atoms with E-state index in [9.17, 15) is 18.3 Å². The van der Waals surface area contributed by atoms with Crippen molar-refractivity contribution >= 4 is 21.5 Å². The maximum absolute atomic E-state index is 13.3. The lowest BCUT2D eigenvalue weighted by atomic mass is 10.1. The highest BCUT2D eigenvalue weighted by atomic mass is 32.2. The summed E-state index contributed by atoms with van der Waals surface area (Å²) in [5.41, 5.74) is 8.82. The minimum absolute atomic E-state index is 0.168. The number of rotatable bonds is 8. The van der Waals surface area contributed by atoms with Gasteiger partial charge in [-0.1, -0.05) is 54.3 Å². The first kappa shape index (κ1) is 27.2. The smallest absolute Gasteiger partial charge is 0.340 e. The number of ether oxygens (including phenoxy) is 1. The van der Waals surface area contributed by atoms with Gasteiger partial charge >= 0.3 is 5.97 Å². The van der Waals surface area contributed by atoms with Crippen LogP contribution in [0.2, 0.25) is 0 Å². The largest absolute Gasteiger partial charge is 0.497 e. The second-order valence-corrected chi connectivity index (χ2v) is 11.3. The quantitative estimate of drug-likeness (QED) is 0.425. The topological polar surface area (TPSA) is 113 Å². The number of para-hydroxylation sites is 1. The molecule has 0 bridgehead atoms. The molecular formula is C29H31N3O5S. The van der Waals surface area contributed by atoms with Crippen molar-refractivity contribution in [2.75, 3.05) is 44.7 Å². The molecule has 0 amide bonds. The van der Waals surface area contributed by atoms with Gasteiger partial charge in [-0.3, -0.25) is 4.90 Å². The zero-order valence-corrected chi connectivity index (χ0v) is 22.0. The lowest BCUT2D eigenvalue weighted by molar-refractivity contribution is -0.139. The third-order valence-corrected chi connectivity index (χ3v) is 8.87. The zero-order valence-electron chi connectivity index (χ0n) is 21.2. The first-order valence-electron chi connectivity index (χ1n) is 12.2. The van der Waals surface area contributed by atoms with E-state index < -0.39 is 27.1 Å². The standard InChI is InChI=1S/C29H31N3O5S/c1-37-26-13-9-23(10-14-26)24-11-15-27(16-12-24)38(35,36)29(30,28(33)34)17-5-6-18-31-19-21-32(22-20-31)25-7-3-2-4-8-25/h2-4,7-16H,17-22,30H2,1H3,(H,33,34). The van der Waals surface area contributed by atoms with Crippen LogP contribution in [0.4, 0.5) is 5.69 Å². The van der Waals surface area contributed by atoms with Gasteiger partial charge in [-0.25, -0.2) is 13.2 Å². The average molecular weight is 534 g/mol. The zero-order chi connectivity index (χ0) is 27.2. The van der Waals surface area contributed by atoms with E-state index in [4.69, 9.17) is 10.5 Å². The second kappa shape index (κ2) is 11.7. The van der Waals surface area contributed by atoms with E-state index in [0.29, 0.717) is 12.3 Å². The molecule has 38 heavy (non-hydrogen) atoms. The maximum atomic E-state index is 13.3. The number of piperazine rings is 1. The SMILES string of the molecule is COc1ccc(-c2ccc(S(=O)(=O)C(N)(CC#CCN3CCN(c4ccccc4)CC3)C(=O)O)cc2)cc1. The number of anilines is 1. The van der Waals surface area contributed by atoms with Crippen molar-refractivity contribution in [2.45, 2.75) is 16.2 Å². The van der Waals surface area contributed by atoms with Crippen LogP contribution in [0.3, 0.4) is 0 Å². The number of benzene rings is 3. The molecule has 3 aromatic carbocycles. The van der Waals surface area contributed by atoms with Gasteiger partial charge in [0.25, 0.3) is 0 Å². The number of hydrogen-bond acceptors (Lipinski definition) is 7. The van der Waals surface area contributed by atoms with Gasteiger partial charge in [0.2, 0.25) is 14.7 Å². The molecule has 1 heterocycles. The summed E-state index contributed by atoms with van der Waals surface area (Å²) in [7, 11) is -2.84. The lowest BCUT2D eigenvalue weighted by Gasteiger charge is -2.35. The van der Waals surface area contributed by atoms with Crippen LogP contribution in [0.15, 0.2) is 83.8 Å². The normalized spacial score (nSPS) is 15.7.